The van der Waals surface area contributed by atoms with Crippen molar-refractivity contribution in [2.75, 3.05) is 6.54 Å². The third kappa shape index (κ3) is 5.14. The number of carboxylic acid groups (broad SMARTS) is 1. The first-order chi connectivity index (χ1) is 12.4. The molecule has 0 heterocycles. The van der Waals surface area contributed by atoms with Gasteiger partial charge in [-0.15, -0.1) is 0 Å². The number of rotatable bonds is 7. The molecule has 1 unspecified atom stereocenters. The molecule has 2 rings (SSSR count). The number of aliphatic carboxylic acids is 1. The summed E-state index contributed by atoms with van der Waals surface area (Å²) in [5, 5.41) is 30.8. The number of hydrogen-bond donors (Lipinski definition) is 4. The minimum Gasteiger partial charge on any atom is -0.504 e. The first-order valence-corrected chi connectivity index (χ1v) is 8.23. The number of nitrogens with zero attached hydrogens (tertiary/aromatic N) is 1. The van der Waals surface area contributed by atoms with Crippen LogP contribution in [0.5, 0.6) is 11.5 Å². The largest absolute Gasteiger partial charge is 0.504 e. The molecule has 0 aliphatic rings. The second-order valence-corrected chi connectivity index (χ2v) is 5.87. The van der Waals surface area contributed by atoms with Gasteiger partial charge in [-0.3, -0.25) is 0 Å². The summed E-state index contributed by atoms with van der Waals surface area (Å²) in [7, 11) is 0. The highest BCUT2D eigenvalue weighted by molar-refractivity contribution is 5.82. The van der Waals surface area contributed by atoms with Crippen molar-refractivity contribution in [3.63, 3.8) is 0 Å². The molecule has 2 aromatic carbocycles. The standard InChI is InChI=1S/C19H22N2O5/c1-2-21(12-13-6-4-3-5-7-13)19(26)20-15(18(24)25)10-14-8-9-16(22)17(23)11-14/h3-9,11,15,22-23H,2,10,12H2,1H3,(H,20,26)(H,24,25). The third-order valence-corrected chi connectivity index (χ3v) is 3.96. The van der Waals surface area contributed by atoms with Crippen LogP contribution in [0.1, 0.15) is 18.1 Å². The molecule has 0 aromatic heterocycles. The van der Waals surface area contributed by atoms with E-state index in [0.29, 0.717) is 18.7 Å². The number of nitrogens with one attached hydrogen (secondary N) is 1. The van der Waals surface area contributed by atoms with E-state index in [1.165, 1.54) is 23.1 Å². The number of carbonyl (C=O) groups is 2. The van der Waals surface area contributed by atoms with E-state index in [1.54, 1.807) is 0 Å². The average Bonchev–Trinajstić information content (AvgIpc) is 2.62. The second-order valence-electron chi connectivity index (χ2n) is 5.87. The quantitative estimate of drug-likeness (QED) is 0.568. The number of aromatic hydroxyl groups is 2. The second kappa shape index (κ2) is 8.75. The lowest BCUT2D eigenvalue weighted by Gasteiger charge is -2.24. The number of benzene rings is 2. The van der Waals surface area contributed by atoms with Crippen LogP contribution in [0.15, 0.2) is 48.5 Å². The first-order valence-electron chi connectivity index (χ1n) is 8.23. The van der Waals surface area contributed by atoms with E-state index in [4.69, 9.17) is 0 Å². The summed E-state index contributed by atoms with van der Waals surface area (Å²) in [4.78, 5) is 25.5. The fourth-order valence-corrected chi connectivity index (χ4v) is 2.50. The van der Waals surface area contributed by atoms with Crippen molar-refractivity contribution in [3.8, 4) is 11.5 Å². The van der Waals surface area contributed by atoms with Crippen molar-refractivity contribution in [2.45, 2.75) is 25.9 Å². The molecule has 0 saturated carbocycles. The van der Waals surface area contributed by atoms with Crippen molar-refractivity contribution < 1.29 is 24.9 Å². The number of phenols is 2. The Hall–Kier alpha value is -3.22. The van der Waals surface area contributed by atoms with Crippen LogP contribution in [0.25, 0.3) is 0 Å². The van der Waals surface area contributed by atoms with Crippen LogP contribution in [0.2, 0.25) is 0 Å². The van der Waals surface area contributed by atoms with Gasteiger partial charge >= 0.3 is 12.0 Å². The van der Waals surface area contributed by atoms with Gasteiger partial charge in [-0.1, -0.05) is 36.4 Å². The molecule has 26 heavy (non-hydrogen) atoms. The maximum absolute atomic E-state index is 12.5. The number of urea groups is 1. The van der Waals surface area contributed by atoms with Crippen molar-refractivity contribution in [1.82, 2.24) is 10.2 Å². The Bertz CT molecular complexity index is 764. The van der Waals surface area contributed by atoms with Crippen LogP contribution in [0, 0.1) is 0 Å². The zero-order valence-electron chi connectivity index (χ0n) is 14.4. The highest BCUT2D eigenvalue weighted by Crippen LogP contribution is 2.25. The van der Waals surface area contributed by atoms with Gasteiger partial charge in [0.1, 0.15) is 6.04 Å². The van der Waals surface area contributed by atoms with Gasteiger partial charge in [0, 0.05) is 19.5 Å². The van der Waals surface area contributed by atoms with Gasteiger partial charge in [-0.05, 0) is 30.2 Å². The molecule has 0 saturated heterocycles. The van der Waals surface area contributed by atoms with Crippen LogP contribution in [0.3, 0.4) is 0 Å². The van der Waals surface area contributed by atoms with Crippen LogP contribution in [-0.4, -0.2) is 44.8 Å². The molecule has 2 aromatic rings. The van der Waals surface area contributed by atoms with Crippen molar-refractivity contribution in [3.05, 3.63) is 59.7 Å². The predicted molar refractivity (Wildman–Crippen MR) is 96.0 cm³/mol. The number of carbonyl (C=O) groups excluding carboxylic acids is 1. The van der Waals surface area contributed by atoms with E-state index < -0.39 is 18.0 Å². The number of phenolic OH excluding ortho intramolecular Hbond substituents is 2. The van der Waals surface area contributed by atoms with E-state index in [-0.39, 0.29) is 17.9 Å². The summed E-state index contributed by atoms with van der Waals surface area (Å²) in [5.41, 5.74) is 1.43. The predicted octanol–water partition coefficient (Wildman–Crippen LogP) is 2.33. The number of hydrogen-bond acceptors (Lipinski definition) is 4. The Labute approximate surface area is 151 Å². The molecule has 0 bridgehead atoms. The molecule has 0 spiro atoms. The maximum Gasteiger partial charge on any atom is 0.326 e. The van der Waals surface area contributed by atoms with Gasteiger partial charge < -0.3 is 25.5 Å². The molecule has 7 heteroatoms. The van der Waals surface area contributed by atoms with Gasteiger partial charge in [-0.2, -0.15) is 0 Å². The molecule has 4 N–H and O–H groups in total. The Balaban J connectivity index is 2.06. The normalized spacial score (nSPS) is 11.6. The lowest BCUT2D eigenvalue weighted by atomic mass is 10.1. The summed E-state index contributed by atoms with van der Waals surface area (Å²) in [6.07, 6.45) is -0.0161. The van der Waals surface area contributed by atoms with E-state index in [0.717, 1.165) is 5.56 Å². The third-order valence-electron chi connectivity index (χ3n) is 3.96. The van der Waals surface area contributed by atoms with Crippen LogP contribution in [-0.2, 0) is 17.8 Å². The average molecular weight is 358 g/mol. The molecular weight excluding hydrogens is 336 g/mol. The minimum atomic E-state index is -1.18. The van der Waals surface area contributed by atoms with Crippen molar-refractivity contribution >= 4 is 12.0 Å². The smallest absolute Gasteiger partial charge is 0.326 e. The highest BCUT2D eigenvalue weighted by Gasteiger charge is 2.23. The van der Waals surface area contributed by atoms with Gasteiger partial charge in [0.05, 0.1) is 0 Å². The molecule has 1 atom stereocenters. The fourth-order valence-electron chi connectivity index (χ4n) is 2.50. The Morgan fingerprint density at radius 3 is 2.31 bits per heavy atom. The summed E-state index contributed by atoms with van der Waals surface area (Å²) in [6, 6.07) is 11.8. The monoisotopic (exact) mass is 358 g/mol. The molecule has 138 valence electrons. The first kappa shape index (κ1) is 19.1. The van der Waals surface area contributed by atoms with Crippen LogP contribution < -0.4 is 5.32 Å². The summed E-state index contributed by atoms with van der Waals surface area (Å²) < 4.78 is 0. The number of carboxylic acids is 1. The maximum atomic E-state index is 12.5. The SMILES string of the molecule is CCN(Cc1ccccc1)C(=O)NC(Cc1ccc(O)c(O)c1)C(=O)O. The molecule has 0 fully saturated rings. The van der Waals surface area contributed by atoms with Crippen molar-refractivity contribution in [2.24, 2.45) is 0 Å². The van der Waals surface area contributed by atoms with E-state index in [2.05, 4.69) is 5.32 Å². The molecule has 0 radical (unpaired) electrons. The molecule has 2 amide bonds. The lowest BCUT2D eigenvalue weighted by molar-refractivity contribution is -0.139. The highest BCUT2D eigenvalue weighted by atomic mass is 16.4. The van der Waals surface area contributed by atoms with Crippen LogP contribution >= 0.6 is 0 Å². The zero-order chi connectivity index (χ0) is 19.1. The van der Waals surface area contributed by atoms with Gasteiger partial charge in [0.25, 0.3) is 0 Å². The van der Waals surface area contributed by atoms with Gasteiger partial charge in [0.15, 0.2) is 11.5 Å². The van der Waals surface area contributed by atoms with Crippen LogP contribution in [0.4, 0.5) is 4.79 Å². The summed E-state index contributed by atoms with van der Waals surface area (Å²) in [5.74, 6) is -1.80. The topological polar surface area (TPSA) is 110 Å². The van der Waals surface area contributed by atoms with Gasteiger partial charge in [-0.25, -0.2) is 9.59 Å². The van der Waals surface area contributed by atoms with E-state index in [9.17, 15) is 24.9 Å². The Morgan fingerprint density at radius 2 is 1.73 bits per heavy atom. The Morgan fingerprint density at radius 1 is 1.04 bits per heavy atom. The molecule has 0 aliphatic carbocycles. The fraction of sp³-hybridized carbons (Fsp3) is 0.263. The Kier molecular flexibility index (Phi) is 6.43. The minimum absolute atomic E-state index is 0.0161. The van der Waals surface area contributed by atoms with E-state index >= 15 is 0 Å². The summed E-state index contributed by atoms with van der Waals surface area (Å²) in [6.45, 7) is 2.61. The number of amides is 2. The molecule has 7 nitrogen and oxygen atoms in total. The zero-order valence-corrected chi connectivity index (χ0v) is 14.4. The molecule has 0 aliphatic heterocycles. The summed E-state index contributed by atoms with van der Waals surface area (Å²) >= 11 is 0. The lowest BCUT2D eigenvalue weighted by Crippen LogP contribution is -2.48. The molecular formula is C19H22N2O5. The van der Waals surface area contributed by atoms with Crippen molar-refractivity contribution in [1.29, 1.82) is 0 Å². The van der Waals surface area contributed by atoms with Gasteiger partial charge in [0.2, 0.25) is 0 Å². The van der Waals surface area contributed by atoms with E-state index in [1.807, 2.05) is 37.3 Å².